The second-order valence-corrected chi connectivity index (χ2v) is 9.77. The molecule has 7 nitrogen and oxygen atoms in total. The van der Waals surface area contributed by atoms with Gasteiger partial charge in [-0.1, -0.05) is 72.4 Å². The van der Waals surface area contributed by atoms with Crippen molar-refractivity contribution in [2.45, 2.75) is 30.3 Å². The minimum atomic E-state index is -0.247. The number of hydrogen-bond acceptors (Lipinski definition) is 6. The van der Waals surface area contributed by atoms with Gasteiger partial charge in [0.25, 0.3) is 5.56 Å². The monoisotopic (exact) mass is 475 g/mol. The molecule has 0 saturated carbocycles. The first-order valence-corrected chi connectivity index (χ1v) is 12.3. The highest BCUT2D eigenvalue weighted by Gasteiger charge is 2.19. The number of nitrogens with one attached hydrogen (secondary N) is 2. The Morgan fingerprint density at radius 3 is 2.55 bits per heavy atom. The van der Waals surface area contributed by atoms with Gasteiger partial charge in [-0.05, 0) is 24.5 Å². The van der Waals surface area contributed by atoms with Crippen LogP contribution in [0.5, 0.6) is 0 Å². The Morgan fingerprint density at radius 2 is 1.79 bits per heavy atom. The SMILES string of the molecule is CC(Sc1n[nH]c(=O)n1CCc1ccccc1)c1nc2scc(-c3ccccc3)c2c(=O)[nH]1. The lowest BCUT2D eigenvalue weighted by Crippen LogP contribution is -2.19. The number of H-pyrrole nitrogens is 2. The van der Waals surface area contributed by atoms with Crippen molar-refractivity contribution in [3.05, 3.63) is 98.3 Å². The molecule has 5 rings (SSSR count). The highest BCUT2D eigenvalue weighted by Crippen LogP contribution is 2.34. The summed E-state index contributed by atoms with van der Waals surface area (Å²) in [6.07, 6.45) is 0.723. The first-order chi connectivity index (χ1) is 16.1. The van der Waals surface area contributed by atoms with Crippen LogP contribution in [0.2, 0.25) is 0 Å². The summed E-state index contributed by atoms with van der Waals surface area (Å²) >= 11 is 2.85. The zero-order valence-electron chi connectivity index (χ0n) is 17.8. The van der Waals surface area contributed by atoms with Gasteiger partial charge in [0, 0.05) is 17.5 Å². The molecule has 9 heteroatoms. The maximum atomic E-state index is 13.0. The van der Waals surface area contributed by atoms with Gasteiger partial charge >= 0.3 is 5.69 Å². The normalized spacial score (nSPS) is 12.3. The van der Waals surface area contributed by atoms with Crippen LogP contribution in [0, 0.1) is 0 Å². The van der Waals surface area contributed by atoms with E-state index in [4.69, 9.17) is 4.98 Å². The molecule has 0 amide bonds. The number of nitrogens with zero attached hydrogens (tertiary/aromatic N) is 3. The van der Waals surface area contributed by atoms with Crippen molar-refractivity contribution >= 4 is 33.3 Å². The number of thiophene rings is 1. The van der Waals surface area contributed by atoms with Crippen LogP contribution in [0.15, 0.2) is 80.8 Å². The summed E-state index contributed by atoms with van der Waals surface area (Å²) in [5.74, 6) is 0.559. The van der Waals surface area contributed by atoms with Gasteiger partial charge in [-0.3, -0.25) is 9.36 Å². The molecule has 33 heavy (non-hydrogen) atoms. The van der Waals surface area contributed by atoms with E-state index in [1.54, 1.807) is 4.57 Å². The van der Waals surface area contributed by atoms with Crippen LogP contribution in [0.25, 0.3) is 21.3 Å². The van der Waals surface area contributed by atoms with Crippen LogP contribution in [0.1, 0.15) is 23.6 Å². The Morgan fingerprint density at radius 1 is 1.06 bits per heavy atom. The molecule has 1 unspecified atom stereocenters. The molecule has 166 valence electrons. The molecule has 3 heterocycles. The van der Waals surface area contributed by atoms with Gasteiger partial charge in [-0.25, -0.2) is 14.9 Å². The van der Waals surface area contributed by atoms with Gasteiger partial charge in [0.05, 0.1) is 10.6 Å². The number of aromatic nitrogens is 5. The Kier molecular flexibility index (Phi) is 5.97. The number of hydrogen-bond donors (Lipinski definition) is 2. The maximum absolute atomic E-state index is 13.0. The molecule has 0 bridgehead atoms. The van der Waals surface area contributed by atoms with E-state index in [1.807, 2.05) is 73.0 Å². The highest BCUT2D eigenvalue weighted by atomic mass is 32.2. The van der Waals surface area contributed by atoms with E-state index in [-0.39, 0.29) is 16.5 Å². The Labute approximate surface area is 197 Å². The minimum Gasteiger partial charge on any atom is -0.309 e. The number of rotatable bonds is 7. The van der Waals surface area contributed by atoms with Gasteiger partial charge in [0.1, 0.15) is 10.7 Å². The summed E-state index contributed by atoms with van der Waals surface area (Å²) in [5, 5.41) is 9.68. The largest absolute Gasteiger partial charge is 0.343 e. The zero-order chi connectivity index (χ0) is 22.8. The van der Waals surface area contributed by atoms with Gasteiger partial charge in [-0.2, -0.15) is 0 Å². The van der Waals surface area contributed by atoms with Crippen molar-refractivity contribution in [1.82, 2.24) is 24.7 Å². The van der Waals surface area contributed by atoms with Crippen molar-refractivity contribution in [2.75, 3.05) is 0 Å². The number of fused-ring (bicyclic) bond motifs is 1. The minimum absolute atomic E-state index is 0.161. The summed E-state index contributed by atoms with van der Waals surface area (Å²) in [5.41, 5.74) is 2.62. The second-order valence-electron chi connectivity index (χ2n) is 7.61. The van der Waals surface area contributed by atoms with Gasteiger partial charge in [0.15, 0.2) is 5.16 Å². The predicted octanol–water partition coefficient (Wildman–Crippen LogP) is 4.63. The zero-order valence-corrected chi connectivity index (χ0v) is 19.5. The molecule has 0 saturated heterocycles. The third-order valence-corrected chi connectivity index (χ3v) is 7.38. The highest BCUT2D eigenvalue weighted by molar-refractivity contribution is 7.99. The molecule has 1 atom stereocenters. The van der Waals surface area contributed by atoms with Crippen molar-refractivity contribution < 1.29 is 0 Å². The Hall–Kier alpha value is -3.43. The summed E-state index contributed by atoms with van der Waals surface area (Å²) in [6, 6.07) is 19.8. The van der Waals surface area contributed by atoms with Gasteiger partial charge in [0.2, 0.25) is 0 Å². The fraction of sp³-hybridized carbons (Fsp3) is 0.167. The first-order valence-electron chi connectivity index (χ1n) is 10.5. The molecule has 2 aromatic carbocycles. The van der Waals surface area contributed by atoms with E-state index in [2.05, 4.69) is 15.2 Å². The van der Waals surface area contributed by atoms with Crippen molar-refractivity contribution in [3.8, 4) is 11.1 Å². The molecule has 0 aliphatic heterocycles. The molecule has 0 aliphatic rings. The fourth-order valence-corrected chi connectivity index (χ4v) is 5.57. The lowest BCUT2D eigenvalue weighted by Gasteiger charge is -2.11. The lowest BCUT2D eigenvalue weighted by atomic mass is 10.1. The first kappa shape index (κ1) is 21.4. The lowest BCUT2D eigenvalue weighted by molar-refractivity contribution is 0.614. The quantitative estimate of drug-likeness (QED) is 0.335. The van der Waals surface area contributed by atoms with Crippen molar-refractivity contribution in [3.63, 3.8) is 0 Å². The molecule has 0 radical (unpaired) electrons. The van der Waals surface area contributed by atoms with Crippen LogP contribution >= 0.6 is 23.1 Å². The number of thioether (sulfide) groups is 1. The number of aryl methyl sites for hydroxylation is 1. The Bertz CT molecular complexity index is 1500. The van der Waals surface area contributed by atoms with E-state index in [1.165, 1.54) is 23.1 Å². The van der Waals surface area contributed by atoms with E-state index >= 15 is 0 Å². The molecular formula is C24H21N5O2S2. The molecular weight excluding hydrogens is 454 g/mol. The summed E-state index contributed by atoms with van der Waals surface area (Å²) < 4.78 is 1.63. The maximum Gasteiger partial charge on any atom is 0.343 e. The third kappa shape index (κ3) is 4.42. The standard InChI is InChI=1S/C24H21N5O2S2/c1-15(33-24-28-27-23(31)29(24)13-12-16-8-4-2-5-9-16)20-25-21(30)19-18(14-32-22(19)26-20)17-10-6-3-7-11-17/h2-11,14-15H,12-13H2,1H3,(H,27,31)(H,25,26,30). The van der Waals surface area contributed by atoms with E-state index < -0.39 is 0 Å². The van der Waals surface area contributed by atoms with Gasteiger partial charge < -0.3 is 4.98 Å². The van der Waals surface area contributed by atoms with E-state index in [0.717, 1.165) is 23.1 Å². The molecule has 0 fully saturated rings. The average Bonchev–Trinajstić information content (AvgIpc) is 3.42. The summed E-state index contributed by atoms with van der Waals surface area (Å²) in [7, 11) is 0. The van der Waals surface area contributed by atoms with Gasteiger partial charge in [-0.15, -0.1) is 16.4 Å². The molecule has 0 spiro atoms. The Balaban J connectivity index is 1.40. The van der Waals surface area contributed by atoms with Crippen LogP contribution in [0.3, 0.4) is 0 Å². The number of benzene rings is 2. The van der Waals surface area contributed by atoms with Crippen molar-refractivity contribution in [2.24, 2.45) is 0 Å². The van der Waals surface area contributed by atoms with Crippen LogP contribution < -0.4 is 11.2 Å². The second kappa shape index (κ2) is 9.21. The van der Waals surface area contributed by atoms with Crippen molar-refractivity contribution in [1.29, 1.82) is 0 Å². The van der Waals surface area contributed by atoms with E-state index in [0.29, 0.717) is 27.7 Å². The molecule has 2 N–H and O–H groups in total. The molecule has 0 aliphatic carbocycles. The third-order valence-electron chi connectivity index (χ3n) is 5.40. The topological polar surface area (TPSA) is 96.4 Å². The predicted molar refractivity (Wildman–Crippen MR) is 133 cm³/mol. The summed E-state index contributed by atoms with van der Waals surface area (Å²) in [6.45, 7) is 2.46. The summed E-state index contributed by atoms with van der Waals surface area (Å²) in [4.78, 5) is 33.6. The molecule has 5 aromatic rings. The van der Waals surface area contributed by atoms with Crippen LogP contribution in [-0.4, -0.2) is 24.7 Å². The van der Waals surface area contributed by atoms with Crippen LogP contribution in [-0.2, 0) is 13.0 Å². The number of aromatic amines is 2. The van der Waals surface area contributed by atoms with E-state index in [9.17, 15) is 9.59 Å². The molecule has 3 aromatic heterocycles. The fourth-order valence-electron chi connectivity index (χ4n) is 3.68. The smallest absolute Gasteiger partial charge is 0.309 e. The van der Waals surface area contributed by atoms with Crippen LogP contribution in [0.4, 0.5) is 0 Å². The average molecular weight is 476 g/mol.